The van der Waals surface area contributed by atoms with Crippen LogP contribution in [-0.4, -0.2) is 36.1 Å². The zero-order valence-corrected chi connectivity index (χ0v) is 17.3. The number of halogens is 2. The van der Waals surface area contributed by atoms with E-state index in [4.69, 9.17) is 27.9 Å². The molecule has 0 spiro atoms. The van der Waals surface area contributed by atoms with E-state index in [2.05, 4.69) is 20.9 Å². The average molecular weight is 428 g/mol. The lowest BCUT2D eigenvalue weighted by Crippen LogP contribution is -2.58. The van der Waals surface area contributed by atoms with Gasteiger partial charge in [0, 0.05) is 13.1 Å². The topological polar surface area (TPSA) is 55.3 Å². The maximum absolute atomic E-state index is 12.1. The second-order valence-electron chi connectivity index (χ2n) is 7.74. The van der Waals surface area contributed by atoms with Gasteiger partial charge in [0.2, 0.25) is 0 Å². The molecule has 1 aromatic heterocycles. The highest BCUT2D eigenvalue weighted by Crippen LogP contribution is 2.48. The number of carbonyl (C=O) groups excluding carboxylic acids is 1. The maximum atomic E-state index is 12.1. The Bertz CT molecular complexity index is 1100. The largest absolute Gasteiger partial charge is 0.469 e. The molecular formula is C22H19Cl2N3O2. The van der Waals surface area contributed by atoms with Crippen molar-refractivity contribution in [1.82, 2.24) is 9.97 Å². The van der Waals surface area contributed by atoms with Crippen molar-refractivity contribution in [2.75, 3.05) is 25.1 Å². The van der Waals surface area contributed by atoms with Gasteiger partial charge in [0.05, 0.1) is 34.0 Å². The molecule has 0 N–H and O–H groups in total. The van der Waals surface area contributed by atoms with Gasteiger partial charge in [-0.1, -0.05) is 41.4 Å². The molecule has 148 valence electrons. The molecular weight excluding hydrogens is 409 g/mol. The molecule has 0 radical (unpaired) electrons. The summed E-state index contributed by atoms with van der Waals surface area (Å²) < 4.78 is 4.99. The van der Waals surface area contributed by atoms with Crippen molar-refractivity contribution >= 4 is 45.9 Å². The number of aromatic nitrogens is 2. The lowest BCUT2D eigenvalue weighted by Gasteiger charge is -2.52. The Kier molecular flexibility index (Phi) is 4.60. The van der Waals surface area contributed by atoms with Gasteiger partial charge in [-0.25, -0.2) is 9.97 Å². The summed E-state index contributed by atoms with van der Waals surface area (Å²) in [5.74, 6) is 1.44. The van der Waals surface area contributed by atoms with Crippen LogP contribution < -0.4 is 4.90 Å². The molecule has 0 amide bonds. The van der Waals surface area contributed by atoms with Gasteiger partial charge in [-0.15, -0.1) is 0 Å². The lowest BCUT2D eigenvalue weighted by atomic mass is 9.61. The highest BCUT2D eigenvalue weighted by molar-refractivity contribution is 6.42. The summed E-state index contributed by atoms with van der Waals surface area (Å²) in [6, 6.07) is 11.7. The highest BCUT2D eigenvalue weighted by Gasteiger charge is 2.51. The second kappa shape index (κ2) is 7.15. The molecule has 2 atom stereocenters. The summed E-state index contributed by atoms with van der Waals surface area (Å²) in [5, 5.41) is 2.03. The number of anilines is 1. The molecule has 2 aromatic carbocycles. The summed E-state index contributed by atoms with van der Waals surface area (Å²) in [5.41, 5.74) is 2.86. The fraction of sp³-hybridized carbons (Fsp3) is 0.318. The molecule has 1 saturated carbocycles. The third-order valence-corrected chi connectivity index (χ3v) is 6.92. The fourth-order valence-electron chi connectivity index (χ4n) is 4.82. The maximum Gasteiger partial charge on any atom is 0.309 e. The molecule has 29 heavy (non-hydrogen) atoms. The van der Waals surface area contributed by atoms with Crippen molar-refractivity contribution in [3.63, 3.8) is 0 Å². The molecule has 7 heteroatoms. The number of piperidine rings is 2. The number of rotatable bonds is 3. The number of hydrogen-bond donors (Lipinski definition) is 0. The van der Waals surface area contributed by atoms with Gasteiger partial charge in [0.1, 0.15) is 12.1 Å². The van der Waals surface area contributed by atoms with E-state index in [0.29, 0.717) is 21.9 Å². The summed E-state index contributed by atoms with van der Waals surface area (Å²) in [6.07, 6.45) is 2.67. The van der Waals surface area contributed by atoms with Gasteiger partial charge in [-0.2, -0.15) is 0 Å². The number of methoxy groups -OCH3 is 1. The third kappa shape index (κ3) is 3.04. The first-order chi connectivity index (χ1) is 14.1. The molecule has 2 bridgehead atoms. The Morgan fingerprint density at radius 1 is 1.10 bits per heavy atom. The summed E-state index contributed by atoms with van der Waals surface area (Å²) in [7, 11) is 1.47. The first-order valence-electron chi connectivity index (χ1n) is 9.58. The summed E-state index contributed by atoms with van der Waals surface area (Å²) in [6.45, 7) is 1.58. The molecule has 1 aliphatic carbocycles. The highest BCUT2D eigenvalue weighted by atomic mass is 35.5. The van der Waals surface area contributed by atoms with Crippen molar-refractivity contribution in [3.05, 3.63) is 52.8 Å². The summed E-state index contributed by atoms with van der Waals surface area (Å²) >= 11 is 12.4. The van der Waals surface area contributed by atoms with E-state index in [1.54, 1.807) is 12.4 Å². The minimum absolute atomic E-state index is 0.0129. The number of carbonyl (C=O) groups is 1. The minimum Gasteiger partial charge on any atom is -0.469 e. The zero-order valence-electron chi connectivity index (χ0n) is 15.8. The van der Waals surface area contributed by atoms with Gasteiger partial charge in [0.25, 0.3) is 0 Å². The van der Waals surface area contributed by atoms with Crippen molar-refractivity contribution < 1.29 is 9.53 Å². The Balaban J connectivity index is 1.57. The first kappa shape index (κ1) is 18.6. The Labute approximate surface area is 178 Å². The van der Waals surface area contributed by atoms with E-state index < -0.39 is 0 Å². The van der Waals surface area contributed by atoms with Crippen LogP contribution in [0.4, 0.5) is 5.82 Å². The summed E-state index contributed by atoms with van der Waals surface area (Å²) in [4.78, 5) is 23.5. The Morgan fingerprint density at radius 3 is 2.62 bits per heavy atom. The SMILES string of the molecule is COC(=O)C1C2CC1CN(c1ncnc3cccc(-c4ccc(Cl)c(Cl)c4)c13)C2. The monoisotopic (exact) mass is 427 g/mol. The number of nitrogens with zero attached hydrogens (tertiary/aromatic N) is 3. The quantitative estimate of drug-likeness (QED) is 0.559. The Morgan fingerprint density at radius 2 is 1.90 bits per heavy atom. The molecule has 2 aliphatic heterocycles. The van der Waals surface area contributed by atoms with Gasteiger partial charge < -0.3 is 9.64 Å². The first-order valence-corrected chi connectivity index (χ1v) is 10.3. The van der Waals surface area contributed by atoms with Crippen LogP contribution in [0.2, 0.25) is 10.0 Å². The molecule has 2 saturated heterocycles. The number of hydrogen-bond acceptors (Lipinski definition) is 5. The van der Waals surface area contributed by atoms with E-state index in [9.17, 15) is 4.79 Å². The van der Waals surface area contributed by atoms with Crippen LogP contribution in [0.15, 0.2) is 42.7 Å². The van der Waals surface area contributed by atoms with Crippen LogP contribution in [0.3, 0.4) is 0 Å². The number of fused-ring (bicyclic) bond motifs is 3. The van der Waals surface area contributed by atoms with Crippen molar-refractivity contribution in [3.8, 4) is 11.1 Å². The number of ether oxygens (including phenoxy) is 1. The number of esters is 1. The molecule has 2 unspecified atom stereocenters. The van der Waals surface area contributed by atoms with E-state index in [0.717, 1.165) is 47.4 Å². The van der Waals surface area contributed by atoms with E-state index in [-0.39, 0.29) is 11.9 Å². The van der Waals surface area contributed by atoms with E-state index in [1.165, 1.54) is 7.11 Å². The van der Waals surface area contributed by atoms with Crippen LogP contribution >= 0.6 is 23.2 Å². The van der Waals surface area contributed by atoms with Crippen LogP contribution in [0.25, 0.3) is 22.0 Å². The van der Waals surface area contributed by atoms with Gasteiger partial charge in [-0.05, 0) is 47.6 Å². The van der Waals surface area contributed by atoms with Gasteiger partial charge >= 0.3 is 5.97 Å². The average Bonchev–Trinajstić information content (AvgIpc) is 2.74. The number of benzene rings is 2. The minimum atomic E-state index is -0.0880. The molecule has 6 rings (SSSR count). The van der Waals surface area contributed by atoms with Gasteiger partial charge in [0.15, 0.2) is 0 Å². The predicted octanol–water partition coefficient (Wildman–Crippen LogP) is 4.85. The smallest absolute Gasteiger partial charge is 0.309 e. The molecule has 3 aliphatic rings. The van der Waals surface area contributed by atoms with Crippen LogP contribution in [0.5, 0.6) is 0 Å². The molecule has 3 heterocycles. The zero-order chi connectivity index (χ0) is 20.1. The molecule has 5 nitrogen and oxygen atoms in total. The lowest BCUT2D eigenvalue weighted by molar-refractivity contribution is -0.157. The standard InChI is InChI=1S/C22H19Cl2N3O2/c1-29-22(28)19-13-7-14(19)10-27(9-13)21-20-15(3-2-4-18(20)25-11-26-21)12-5-6-16(23)17(24)8-12/h2-6,8,11,13-14,19H,7,9-10H2,1H3. The Hall–Kier alpha value is -2.37. The van der Waals surface area contributed by atoms with Crippen molar-refractivity contribution in [2.24, 2.45) is 17.8 Å². The van der Waals surface area contributed by atoms with Crippen molar-refractivity contribution in [2.45, 2.75) is 6.42 Å². The van der Waals surface area contributed by atoms with Gasteiger partial charge in [-0.3, -0.25) is 4.79 Å². The van der Waals surface area contributed by atoms with E-state index >= 15 is 0 Å². The van der Waals surface area contributed by atoms with Crippen molar-refractivity contribution in [1.29, 1.82) is 0 Å². The van der Waals surface area contributed by atoms with E-state index in [1.807, 2.05) is 24.3 Å². The third-order valence-electron chi connectivity index (χ3n) is 6.18. The van der Waals surface area contributed by atoms with Crippen LogP contribution in [0.1, 0.15) is 6.42 Å². The molecule has 3 aromatic rings. The normalized spacial score (nSPS) is 23.0. The fourth-order valence-corrected chi connectivity index (χ4v) is 5.12. The second-order valence-corrected chi connectivity index (χ2v) is 8.55. The molecule has 3 fully saturated rings. The van der Waals surface area contributed by atoms with Crippen LogP contribution in [-0.2, 0) is 9.53 Å². The van der Waals surface area contributed by atoms with Crippen LogP contribution in [0, 0.1) is 17.8 Å². The predicted molar refractivity (Wildman–Crippen MR) is 114 cm³/mol.